The Hall–Kier alpha value is -2.43. The largest absolute Gasteiger partial charge is 0.337 e. The summed E-state index contributed by atoms with van der Waals surface area (Å²) >= 11 is 7.65. The number of halogens is 1. The normalized spacial score (nSPS) is 11.5. The molecule has 0 atom stereocenters. The van der Waals surface area contributed by atoms with Crippen molar-refractivity contribution in [3.63, 3.8) is 0 Å². The Kier molecular flexibility index (Phi) is 7.34. The van der Waals surface area contributed by atoms with Crippen molar-refractivity contribution in [2.75, 3.05) is 24.2 Å². The second-order valence-electron chi connectivity index (χ2n) is 7.06. The third-order valence-corrected chi connectivity index (χ3v) is 7.12. The molecule has 0 radical (unpaired) electrons. The molecule has 0 aliphatic rings. The smallest absolute Gasteiger partial charge is 0.246 e. The molecule has 166 valence electrons. The summed E-state index contributed by atoms with van der Waals surface area (Å²) in [4.78, 5) is 19.2. The van der Waals surface area contributed by atoms with E-state index >= 15 is 0 Å². The van der Waals surface area contributed by atoms with E-state index in [9.17, 15) is 13.2 Å². The fraction of sp³-hybridized carbons (Fsp3) is 0.350. The first-order valence-electron chi connectivity index (χ1n) is 9.50. The number of hydrogen-bond acceptors (Lipinski definition) is 7. The highest BCUT2D eigenvalue weighted by Crippen LogP contribution is 2.28. The van der Waals surface area contributed by atoms with Crippen LogP contribution < -0.4 is 4.31 Å². The molecule has 3 aromatic rings. The number of nitrogens with zero attached hydrogens (tertiary/aromatic N) is 4. The van der Waals surface area contributed by atoms with Gasteiger partial charge in [0.1, 0.15) is 0 Å². The maximum absolute atomic E-state index is 12.5. The van der Waals surface area contributed by atoms with Crippen molar-refractivity contribution in [3.8, 4) is 10.7 Å². The van der Waals surface area contributed by atoms with Crippen molar-refractivity contribution in [1.82, 2.24) is 15.0 Å². The second kappa shape index (κ2) is 9.80. The maximum atomic E-state index is 12.5. The molecule has 0 unspecified atom stereocenters. The van der Waals surface area contributed by atoms with E-state index in [1.807, 2.05) is 17.5 Å². The van der Waals surface area contributed by atoms with Crippen molar-refractivity contribution in [2.24, 2.45) is 0 Å². The topological polar surface area (TPSA) is 96.6 Å². The lowest BCUT2D eigenvalue weighted by molar-refractivity contribution is -0.130. The van der Waals surface area contributed by atoms with E-state index in [1.54, 1.807) is 32.2 Å². The van der Waals surface area contributed by atoms with Crippen molar-refractivity contribution >= 4 is 44.6 Å². The molecule has 1 amide bonds. The highest BCUT2D eigenvalue weighted by molar-refractivity contribution is 7.92. The molecule has 0 aliphatic carbocycles. The average molecular weight is 483 g/mol. The number of carbonyl (C=O) groups excluding carboxylic acids is 1. The molecule has 0 bridgehead atoms. The Bertz CT molecular complexity index is 1150. The predicted molar refractivity (Wildman–Crippen MR) is 122 cm³/mol. The van der Waals surface area contributed by atoms with Crippen molar-refractivity contribution in [2.45, 2.75) is 26.3 Å². The molecule has 2 aromatic heterocycles. The van der Waals surface area contributed by atoms with Gasteiger partial charge in [0, 0.05) is 25.0 Å². The van der Waals surface area contributed by atoms with Crippen LogP contribution in [0.1, 0.15) is 24.3 Å². The molecule has 0 spiro atoms. The zero-order chi connectivity index (χ0) is 22.6. The zero-order valence-electron chi connectivity index (χ0n) is 17.4. The lowest BCUT2D eigenvalue weighted by Gasteiger charge is -2.25. The van der Waals surface area contributed by atoms with E-state index in [1.165, 1.54) is 20.5 Å². The number of aromatic nitrogens is 2. The summed E-state index contributed by atoms with van der Waals surface area (Å²) in [5.74, 6) is 0.685. The van der Waals surface area contributed by atoms with Crippen LogP contribution in [0, 0.1) is 6.92 Å². The van der Waals surface area contributed by atoms with Crippen LogP contribution in [0.2, 0.25) is 5.02 Å². The number of sulfonamides is 1. The van der Waals surface area contributed by atoms with Gasteiger partial charge in [-0.25, -0.2) is 8.42 Å². The Morgan fingerprint density at radius 2 is 2.03 bits per heavy atom. The fourth-order valence-electron chi connectivity index (χ4n) is 3.01. The SMILES string of the molecule is Cc1c(Cl)cccc1N(CCCC(=O)N(C)Cc1nc(-c2cccs2)no1)S(C)(=O)=O. The lowest BCUT2D eigenvalue weighted by Crippen LogP contribution is -2.33. The maximum Gasteiger partial charge on any atom is 0.246 e. The van der Waals surface area contributed by atoms with Gasteiger partial charge >= 0.3 is 0 Å². The van der Waals surface area contributed by atoms with E-state index in [-0.39, 0.29) is 25.4 Å². The predicted octanol–water partition coefficient (Wildman–Crippen LogP) is 3.96. The first-order chi connectivity index (χ1) is 14.7. The molecule has 3 rings (SSSR count). The van der Waals surface area contributed by atoms with Crippen LogP contribution in [-0.4, -0.2) is 49.2 Å². The van der Waals surface area contributed by atoms with Gasteiger partial charge in [-0.1, -0.05) is 28.9 Å². The summed E-state index contributed by atoms with van der Waals surface area (Å²) in [6.07, 6.45) is 1.67. The Labute approximate surface area is 190 Å². The molecular formula is C20H23ClN4O4S2. The van der Waals surface area contributed by atoms with Crippen LogP contribution in [0.15, 0.2) is 40.2 Å². The van der Waals surface area contributed by atoms with Crippen LogP contribution in [0.5, 0.6) is 0 Å². The minimum absolute atomic E-state index is 0.146. The van der Waals surface area contributed by atoms with E-state index in [2.05, 4.69) is 10.1 Å². The van der Waals surface area contributed by atoms with E-state index < -0.39 is 10.0 Å². The molecule has 11 heteroatoms. The van der Waals surface area contributed by atoms with Crippen molar-refractivity contribution in [1.29, 1.82) is 0 Å². The first kappa shape index (κ1) is 23.2. The van der Waals surface area contributed by atoms with E-state index in [0.29, 0.717) is 34.4 Å². The molecule has 0 saturated carbocycles. The number of benzene rings is 1. The molecular weight excluding hydrogens is 460 g/mol. The van der Waals surface area contributed by atoms with Gasteiger partial charge in [0.15, 0.2) is 0 Å². The van der Waals surface area contributed by atoms with Gasteiger partial charge in [0.2, 0.25) is 27.6 Å². The fourth-order valence-corrected chi connectivity index (χ4v) is 4.85. The Balaban J connectivity index is 1.58. The van der Waals surface area contributed by atoms with Crippen molar-refractivity contribution in [3.05, 3.63) is 52.2 Å². The van der Waals surface area contributed by atoms with Crippen LogP contribution in [0.25, 0.3) is 10.7 Å². The lowest BCUT2D eigenvalue weighted by atomic mass is 10.2. The summed E-state index contributed by atoms with van der Waals surface area (Å²) in [5.41, 5.74) is 1.19. The number of carbonyl (C=O) groups is 1. The van der Waals surface area contributed by atoms with Crippen LogP contribution in [0.4, 0.5) is 5.69 Å². The molecule has 8 nitrogen and oxygen atoms in total. The minimum atomic E-state index is -3.53. The third-order valence-electron chi connectivity index (χ3n) is 4.67. The van der Waals surface area contributed by atoms with Gasteiger partial charge in [0.25, 0.3) is 0 Å². The zero-order valence-corrected chi connectivity index (χ0v) is 19.8. The van der Waals surface area contributed by atoms with Gasteiger partial charge in [-0.15, -0.1) is 11.3 Å². The summed E-state index contributed by atoms with van der Waals surface area (Å²) in [6, 6.07) is 8.91. The highest BCUT2D eigenvalue weighted by atomic mass is 35.5. The summed E-state index contributed by atoms with van der Waals surface area (Å²) in [6.45, 7) is 2.12. The van der Waals surface area contributed by atoms with E-state index in [4.69, 9.17) is 16.1 Å². The van der Waals surface area contributed by atoms with Crippen LogP contribution in [-0.2, 0) is 21.4 Å². The number of thiophene rings is 1. The third kappa shape index (κ3) is 5.84. The number of hydrogen-bond donors (Lipinski definition) is 0. The molecule has 31 heavy (non-hydrogen) atoms. The Morgan fingerprint density at radius 3 is 2.71 bits per heavy atom. The monoisotopic (exact) mass is 482 g/mol. The molecule has 0 N–H and O–H groups in total. The summed E-state index contributed by atoms with van der Waals surface area (Å²) in [7, 11) is -1.88. The highest BCUT2D eigenvalue weighted by Gasteiger charge is 2.21. The Morgan fingerprint density at radius 1 is 1.26 bits per heavy atom. The summed E-state index contributed by atoms with van der Waals surface area (Å²) in [5, 5.41) is 6.35. The van der Waals surface area contributed by atoms with E-state index in [0.717, 1.165) is 11.1 Å². The molecule has 0 fully saturated rings. The average Bonchev–Trinajstić information content (AvgIpc) is 3.38. The minimum Gasteiger partial charge on any atom is -0.337 e. The molecule has 0 aliphatic heterocycles. The quantitative estimate of drug-likeness (QED) is 0.458. The van der Waals surface area contributed by atoms with Gasteiger partial charge in [-0.2, -0.15) is 4.98 Å². The van der Waals surface area contributed by atoms with Crippen molar-refractivity contribution < 1.29 is 17.7 Å². The molecule has 0 saturated heterocycles. The number of amides is 1. The summed E-state index contributed by atoms with van der Waals surface area (Å²) < 4.78 is 31.1. The number of rotatable bonds is 9. The van der Waals surface area contributed by atoms with Gasteiger partial charge in [-0.05, 0) is 42.5 Å². The molecule has 2 heterocycles. The van der Waals surface area contributed by atoms with Gasteiger partial charge in [-0.3, -0.25) is 9.10 Å². The first-order valence-corrected chi connectivity index (χ1v) is 12.6. The van der Waals surface area contributed by atoms with Crippen LogP contribution >= 0.6 is 22.9 Å². The van der Waals surface area contributed by atoms with Gasteiger partial charge in [0.05, 0.1) is 23.4 Å². The standard InChI is InChI=1S/C20H23ClN4O4S2/c1-14-15(21)7-4-8-16(14)25(31(3,27)28)11-5-10-19(26)24(2)13-18-22-20(23-29-18)17-9-6-12-30-17/h4,6-9,12H,5,10-11,13H2,1-3H3. The second-order valence-corrected chi connectivity index (χ2v) is 10.3. The molecule has 1 aromatic carbocycles. The van der Waals surface area contributed by atoms with Gasteiger partial charge < -0.3 is 9.42 Å². The number of anilines is 1. The van der Waals surface area contributed by atoms with Crippen LogP contribution in [0.3, 0.4) is 0 Å².